The van der Waals surface area contributed by atoms with E-state index >= 15 is 0 Å². The molecule has 1 unspecified atom stereocenters. The van der Waals surface area contributed by atoms with Crippen LogP contribution in [0.1, 0.15) is 49.7 Å². The molecule has 2 heterocycles. The number of likely N-dealkylation sites (tertiary alicyclic amines) is 1. The normalized spacial score (nSPS) is 18.7. The number of halogens is 3. The quantitative estimate of drug-likeness (QED) is 0.316. The number of carbonyl (C=O) groups excluding carboxylic acids is 4. The first kappa shape index (κ1) is 34.6. The Labute approximate surface area is 273 Å². The number of likely N-dealkylation sites (N-methyl/N-ethyl adjacent to an activating group) is 1. The van der Waals surface area contributed by atoms with Crippen molar-refractivity contribution in [3.05, 3.63) is 63.4 Å². The van der Waals surface area contributed by atoms with E-state index in [0.29, 0.717) is 6.54 Å². The molecule has 10 nitrogen and oxygen atoms in total. The fraction of sp³-hybridized carbons (Fsp3) is 0.500. The number of rotatable bonds is 11. The monoisotopic (exact) mass is 662 g/mol. The lowest BCUT2D eigenvalue weighted by Gasteiger charge is -2.38. The molecule has 2 aliphatic heterocycles. The lowest BCUT2D eigenvalue weighted by atomic mass is 9.92. The molecule has 0 bridgehead atoms. The van der Waals surface area contributed by atoms with Crippen LogP contribution in [0, 0.1) is 5.82 Å². The zero-order valence-corrected chi connectivity index (χ0v) is 27.2. The summed E-state index contributed by atoms with van der Waals surface area (Å²) >= 11 is 11.7. The van der Waals surface area contributed by atoms with E-state index < -0.39 is 29.7 Å². The van der Waals surface area contributed by atoms with Crippen molar-refractivity contribution < 1.29 is 23.6 Å². The van der Waals surface area contributed by atoms with Gasteiger partial charge in [0.15, 0.2) is 5.82 Å². The molecule has 0 saturated carbocycles. The van der Waals surface area contributed by atoms with Crippen molar-refractivity contribution in [3.8, 4) is 0 Å². The molecule has 45 heavy (non-hydrogen) atoms. The number of benzene rings is 2. The number of anilines is 1. The Morgan fingerprint density at radius 1 is 1.02 bits per heavy atom. The molecule has 1 saturated heterocycles. The third kappa shape index (κ3) is 8.72. The number of piperidine rings is 1. The van der Waals surface area contributed by atoms with Crippen LogP contribution in [0.3, 0.4) is 0 Å². The van der Waals surface area contributed by atoms with Crippen LogP contribution in [-0.4, -0.2) is 90.2 Å². The van der Waals surface area contributed by atoms with Gasteiger partial charge < -0.3 is 31.1 Å². The topological polar surface area (TPSA) is 128 Å². The smallest absolute Gasteiger partial charge is 0.247 e. The van der Waals surface area contributed by atoms with E-state index in [4.69, 9.17) is 28.9 Å². The van der Waals surface area contributed by atoms with Gasteiger partial charge in [-0.1, -0.05) is 47.5 Å². The van der Waals surface area contributed by atoms with E-state index in [2.05, 4.69) is 15.5 Å². The van der Waals surface area contributed by atoms with Gasteiger partial charge in [-0.05, 0) is 69.6 Å². The van der Waals surface area contributed by atoms with E-state index in [1.165, 1.54) is 17.0 Å². The van der Waals surface area contributed by atoms with Gasteiger partial charge in [-0.3, -0.25) is 19.2 Å². The van der Waals surface area contributed by atoms with Gasteiger partial charge in [-0.25, -0.2) is 4.39 Å². The van der Waals surface area contributed by atoms with Gasteiger partial charge in [-0.15, -0.1) is 0 Å². The summed E-state index contributed by atoms with van der Waals surface area (Å²) in [5.74, 6) is -2.53. The zero-order valence-electron chi connectivity index (χ0n) is 25.7. The summed E-state index contributed by atoms with van der Waals surface area (Å²) in [6.07, 6.45) is 3.23. The second-order valence-corrected chi connectivity index (χ2v) is 12.6. The van der Waals surface area contributed by atoms with Gasteiger partial charge in [0.1, 0.15) is 12.1 Å². The largest absolute Gasteiger partial charge is 0.342 e. The van der Waals surface area contributed by atoms with Crippen LogP contribution in [-0.2, 0) is 32.1 Å². The summed E-state index contributed by atoms with van der Waals surface area (Å²) < 4.78 is 14.6. The van der Waals surface area contributed by atoms with E-state index in [-0.39, 0.29) is 72.4 Å². The Balaban J connectivity index is 1.47. The molecule has 0 spiro atoms. The van der Waals surface area contributed by atoms with Gasteiger partial charge in [0, 0.05) is 44.9 Å². The summed E-state index contributed by atoms with van der Waals surface area (Å²) in [6, 6.07) is 8.24. The van der Waals surface area contributed by atoms with E-state index in [1.54, 1.807) is 0 Å². The predicted octanol–water partition coefficient (Wildman–Crippen LogP) is 3.58. The van der Waals surface area contributed by atoms with Crippen molar-refractivity contribution in [2.24, 2.45) is 5.73 Å². The summed E-state index contributed by atoms with van der Waals surface area (Å²) in [5.41, 5.74) is 7.38. The average molecular weight is 664 g/mol. The highest BCUT2D eigenvalue weighted by atomic mass is 35.5. The minimum atomic E-state index is -1.11. The molecule has 0 aliphatic carbocycles. The maximum absolute atomic E-state index is 14.6. The molecule has 2 aliphatic rings. The fourth-order valence-electron chi connectivity index (χ4n) is 6.01. The Bertz CT molecular complexity index is 1410. The molecule has 4 N–H and O–H groups in total. The molecule has 4 rings (SSSR count). The number of hydrogen-bond acceptors (Lipinski definition) is 6. The summed E-state index contributed by atoms with van der Waals surface area (Å²) in [6.45, 7) is 1.69. The van der Waals surface area contributed by atoms with Gasteiger partial charge in [0.05, 0.1) is 15.7 Å². The van der Waals surface area contributed by atoms with Gasteiger partial charge in [0.2, 0.25) is 23.6 Å². The van der Waals surface area contributed by atoms with Crippen LogP contribution >= 0.6 is 23.2 Å². The van der Waals surface area contributed by atoms with Crippen molar-refractivity contribution in [1.29, 1.82) is 0 Å². The van der Waals surface area contributed by atoms with Gasteiger partial charge in [-0.2, -0.15) is 0 Å². The lowest BCUT2D eigenvalue weighted by molar-refractivity contribution is -0.144. The van der Waals surface area contributed by atoms with Crippen LogP contribution < -0.4 is 16.4 Å². The fourth-order valence-corrected chi connectivity index (χ4v) is 6.32. The van der Waals surface area contributed by atoms with Crippen molar-refractivity contribution >= 4 is 52.5 Å². The van der Waals surface area contributed by atoms with Crippen LogP contribution in [0.2, 0.25) is 10.0 Å². The van der Waals surface area contributed by atoms with Crippen LogP contribution in [0.5, 0.6) is 0 Å². The second-order valence-electron chi connectivity index (χ2n) is 11.9. The molecule has 4 amide bonds. The first-order valence-electron chi connectivity index (χ1n) is 15.2. The first-order valence-corrected chi connectivity index (χ1v) is 16.0. The number of hydrogen-bond donors (Lipinski definition) is 3. The average Bonchev–Trinajstić information content (AvgIpc) is 3.02. The van der Waals surface area contributed by atoms with Crippen LogP contribution in [0.15, 0.2) is 36.4 Å². The van der Waals surface area contributed by atoms with Crippen LogP contribution in [0.4, 0.5) is 10.1 Å². The highest BCUT2D eigenvalue weighted by Gasteiger charge is 2.37. The third-order valence-electron chi connectivity index (χ3n) is 8.33. The first-order chi connectivity index (χ1) is 21.5. The summed E-state index contributed by atoms with van der Waals surface area (Å²) in [7, 11) is 3.96. The Morgan fingerprint density at radius 3 is 2.40 bits per heavy atom. The maximum atomic E-state index is 14.6. The highest BCUT2D eigenvalue weighted by molar-refractivity contribution is 6.42. The third-order valence-corrected chi connectivity index (χ3v) is 9.11. The SMILES string of the molecule is CN(C)CC1CCCCN1C(=O)CCC(=O)N1Cc2ccccc2C[C@H]1C(=O)N[C@@H](CCN)C(=O)Nc1ccc(Cl)c(Cl)c1F. The standard InChI is InChI=1S/C32H41Cl2FN6O4/c1-39(2)19-22-9-5-6-16-40(22)27(42)12-13-28(43)41-18-21-8-4-3-7-20(21)17-26(41)32(45)38-25(14-15-36)31(44)37-24-11-10-23(33)29(34)30(24)35/h3-4,7-8,10-11,22,25-26H,5-6,9,12-19,36H2,1-2H3,(H,37,44)(H,38,45)/t22?,25-,26-/m0/s1. The van der Waals surface area contributed by atoms with Crippen molar-refractivity contribution in [2.75, 3.05) is 39.0 Å². The van der Waals surface area contributed by atoms with Crippen molar-refractivity contribution in [1.82, 2.24) is 20.0 Å². The zero-order chi connectivity index (χ0) is 32.7. The van der Waals surface area contributed by atoms with Crippen molar-refractivity contribution in [3.63, 3.8) is 0 Å². The number of nitrogens with zero attached hydrogens (tertiary/aromatic N) is 3. The Morgan fingerprint density at radius 2 is 1.71 bits per heavy atom. The van der Waals surface area contributed by atoms with Crippen LogP contribution in [0.25, 0.3) is 0 Å². The number of fused-ring (bicyclic) bond motifs is 1. The van der Waals surface area contributed by atoms with Crippen molar-refractivity contribution in [2.45, 2.75) is 69.6 Å². The Hall–Kier alpha value is -3.25. The molecule has 3 atom stereocenters. The lowest BCUT2D eigenvalue weighted by Crippen LogP contribution is -2.56. The summed E-state index contributed by atoms with van der Waals surface area (Å²) in [5, 5.41) is 4.83. The minimum Gasteiger partial charge on any atom is -0.342 e. The molecule has 2 aromatic rings. The molecule has 244 valence electrons. The molecule has 13 heteroatoms. The molecule has 2 aromatic carbocycles. The van der Waals surface area contributed by atoms with E-state index in [1.807, 2.05) is 43.3 Å². The summed E-state index contributed by atoms with van der Waals surface area (Å²) in [4.78, 5) is 59.2. The molecule has 1 fully saturated rings. The molecule has 0 aromatic heterocycles. The number of carbonyl (C=O) groups is 4. The minimum absolute atomic E-state index is 0.00711. The maximum Gasteiger partial charge on any atom is 0.247 e. The van der Waals surface area contributed by atoms with Gasteiger partial charge >= 0.3 is 0 Å². The number of nitrogens with two attached hydrogens (primary N) is 1. The molecular formula is C32H41Cl2FN6O4. The molecular weight excluding hydrogens is 622 g/mol. The molecule has 0 radical (unpaired) electrons. The second kappa shape index (κ2) is 15.8. The van der Waals surface area contributed by atoms with E-state index in [9.17, 15) is 23.6 Å². The van der Waals surface area contributed by atoms with Gasteiger partial charge in [0.25, 0.3) is 0 Å². The predicted molar refractivity (Wildman–Crippen MR) is 172 cm³/mol. The number of nitrogens with one attached hydrogen (secondary N) is 2. The number of amides is 4. The van der Waals surface area contributed by atoms with E-state index in [0.717, 1.165) is 36.9 Å². The Kier molecular flexibility index (Phi) is 12.2. The highest BCUT2D eigenvalue weighted by Crippen LogP contribution is 2.30.